The number of fused-ring (bicyclic) bond motifs is 2. The van der Waals surface area contributed by atoms with Gasteiger partial charge in [0.1, 0.15) is 11.7 Å². The highest BCUT2D eigenvalue weighted by Crippen LogP contribution is 2.40. The third-order valence-corrected chi connectivity index (χ3v) is 9.10. The zero-order valence-electron chi connectivity index (χ0n) is 24.6. The van der Waals surface area contributed by atoms with E-state index in [9.17, 15) is 0 Å². The summed E-state index contributed by atoms with van der Waals surface area (Å²) < 4.78 is 2.19. The number of aliphatic imine (C=N–C) groups is 2. The van der Waals surface area contributed by atoms with E-state index in [0.717, 1.165) is 44.9 Å². The number of aromatic nitrogens is 4. The predicted molar refractivity (Wildman–Crippen MR) is 186 cm³/mol. The van der Waals surface area contributed by atoms with Gasteiger partial charge in [-0.1, -0.05) is 78.9 Å². The van der Waals surface area contributed by atoms with E-state index in [2.05, 4.69) is 93.3 Å². The van der Waals surface area contributed by atoms with Crippen molar-refractivity contribution in [1.82, 2.24) is 24.4 Å². The molecule has 7 nitrogen and oxygen atoms in total. The first-order valence-electron chi connectivity index (χ1n) is 15.4. The quantitative estimate of drug-likeness (QED) is 0.193. The van der Waals surface area contributed by atoms with Gasteiger partial charge in [0.15, 0.2) is 11.6 Å². The lowest BCUT2D eigenvalue weighted by Gasteiger charge is -2.17. The van der Waals surface area contributed by atoms with Crippen LogP contribution < -0.4 is 0 Å². The van der Waals surface area contributed by atoms with E-state index in [0.29, 0.717) is 18.3 Å². The van der Waals surface area contributed by atoms with Gasteiger partial charge in [-0.15, -0.1) is 0 Å². The standard InChI is InChI=1S/C39H25N7/c1-2-10-27(11-3-1)46-34-13-5-4-12-30(34)43-38(46)32-22-31(33-23-45-21-7-20-40-39(45)44-33)41-37(42-32)29-19-17-26-15-14-24-8-6-9-25-16-18-28(29)36(26)35(24)25/h1-22,33H,23H2. The van der Waals surface area contributed by atoms with E-state index in [4.69, 9.17) is 19.9 Å². The van der Waals surface area contributed by atoms with Gasteiger partial charge in [-0.05, 0) is 74.8 Å². The summed E-state index contributed by atoms with van der Waals surface area (Å²) in [5.41, 5.74) is 5.51. The van der Waals surface area contributed by atoms with Crippen LogP contribution in [0.15, 0.2) is 138 Å². The monoisotopic (exact) mass is 591 g/mol. The number of guanidine groups is 1. The molecule has 1 unspecified atom stereocenters. The van der Waals surface area contributed by atoms with Crippen LogP contribution in [0.5, 0.6) is 0 Å². The molecule has 6 aromatic carbocycles. The Bertz CT molecular complexity index is 2560. The number of nitrogens with zero attached hydrogens (tertiary/aromatic N) is 7. The molecular formula is C39H25N7. The SMILES string of the molecule is C1=CN2CC(c3cc(-c4nc5ccccc5n4-c4ccccc4)nc(-c4ccc5ccc6cccc7ccc4c5c67)n3)N=C2N=C1. The number of para-hydroxylation sites is 3. The molecule has 2 aliphatic heterocycles. The molecular weight excluding hydrogens is 566 g/mol. The van der Waals surface area contributed by atoms with Crippen LogP contribution in [0.25, 0.3) is 71.9 Å². The average Bonchev–Trinajstić information content (AvgIpc) is 3.73. The van der Waals surface area contributed by atoms with Gasteiger partial charge in [0.25, 0.3) is 0 Å². The van der Waals surface area contributed by atoms with Crippen molar-refractivity contribution in [1.29, 1.82) is 0 Å². The first-order valence-corrected chi connectivity index (χ1v) is 15.4. The Hall–Kier alpha value is -6.21. The molecule has 0 N–H and O–H groups in total. The van der Waals surface area contributed by atoms with Gasteiger partial charge in [-0.2, -0.15) is 0 Å². The summed E-state index contributed by atoms with van der Waals surface area (Å²) in [6.07, 6.45) is 5.73. The molecule has 0 amide bonds. The van der Waals surface area contributed by atoms with Gasteiger partial charge in [-0.25, -0.2) is 24.9 Å². The molecule has 216 valence electrons. The number of imidazole rings is 1. The van der Waals surface area contributed by atoms with Crippen molar-refractivity contribution in [3.05, 3.63) is 133 Å². The van der Waals surface area contributed by atoms with Gasteiger partial charge >= 0.3 is 0 Å². The van der Waals surface area contributed by atoms with Crippen molar-refractivity contribution in [2.45, 2.75) is 6.04 Å². The van der Waals surface area contributed by atoms with Crippen LogP contribution in [0.4, 0.5) is 0 Å². The van der Waals surface area contributed by atoms with Gasteiger partial charge < -0.3 is 4.90 Å². The summed E-state index contributed by atoms with van der Waals surface area (Å²) in [6, 6.07) is 40.1. The fraction of sp³-hybridized carbons (Fsp3) is 0.0513. The van der Waals surface area contributed by atoms with Crippen LogP contribution in [-0.4, -0.2) is 43.1 Å². The minimum absolute atomic E-state index is 0.204. The van der Waals surface area contributed by atoms with E-state index in [1.807, 2.05) is 48.7 Å². The van der Waals surface area contributed by atoms with E-state index in [1.165, 1.54) is 26.9 Å². The maximum Gasteiger partial charge on any atom is 0.225 e. The van der Waals surface area contributed by atoms with Crippen LogP contribution in [-0.2, 0) is 0 Å². The molecule has 10 rings (SSSR count). The largest absolute Gasteiger partial charge is 0.315 e. The lowest BCUT2D eigenvalue weighted by molar-refractivity contribution is 0.540. The molecule has 2 aromatic heterocycles. The van der Waals surface area contributed by atoms with Crippen LogP contribution in [0.3, 0.4) is 0 Å². The van der Waals surface area contributed by atoms with Crippen molar-refractivity contribution in [2.24, 2.45) is 9.98 Å². The Balaban J connectivity index is 1.25. The van der Waals surface area contributed by atoms with Crippen molar-refractivity contribution in [2.75, 3.05) is 6.54 Å². The highest BCUT2D eigenvalue weighted by atomic mass is 15.3. The minimum atomic E-state index is -0.204. The normalized spacial score (nSPS) is 15.9. The number of hydrogen-bond donors (Lipinski definition) is 0. The third-order valence-electron chi connectivity index (χ3n) is 9.10. The number of allylic oxidation sites excluding steroid dienone is 1. The summed E-state index contributed by atoms with van der Waals surface area (Å²) in [5, 5.41) is 7.29. The third kappa shape index (κ3) is 3.75. The summed E-state index contributed by atoms with van der Waals surface area (Å²) in [5.74, 6) is 2.12. The van der Waals surface area contributed by atoms with Crippen LogP contribution in [0.1, 0.15) is 11.7 Å². The molecule has 0 spiro atoms. The van der Waals surface area contributed by atoms with Crippen LogP contribution in [0.2, 0.25) is 0 Å². The zero-order chi connectivity index (χ0) is 30.2. The van der Waals surface area contributed by atoms with Gasteiger partial charge in [0, 0.05) is 23.7 Å². The van der Waals surface area contributed by atoms with Gasteiger partial charge in [0.2, 0.25) is 5.96 Å². The molecule has 0 aliphatic carbocycles. The maximum absolute atomic E-state index is 5.30. The molecule has 0 fully saturated rings. The molecule has 0 saturated heterocycles. The molecule has 4 heterocycles. The Kier molecular flexibility index (Phi) is 5.27. The Labute approximate surface area is 263 Å². The highest BCUT2D eigenvalue weighted by molar-refractivity contribution is 6.25. The van der Waals surface area contributed by atoms with Crippen LogP contribution in [0, 0.1) is 0 Å². The zero-order valence-corrected chi connectivity index (χ0v) is 24.6. The fourth-order valence-electron chi connectivity index (χ4n) is 7.01. The Morgan fingerprint density at radius 2 is 1.46 bits per heavy atom. The van der Waals surface area contributed by atoms with Gasteiger partial charge in [-0.3, -0.25) is 4.57 Å². The topological polar surface area (TPSA) is 71.6 Å². The van der Waals surface area contributed by atoms with E-state index in [1.54, 1.807) is 6.21 Å². The molecule has 0 radical (unpaired) electrons. The minimum Gasteiger partial charge on any atom is -0.315 e. The molecule has 2 aliphatic rings. The predicted octanol–water partition coefficient (Wildman–Crippen LogP) is 8.36. The molecule has 46 heavy (non-hydrogen) atoms. The molecule has 8 aromatic rings. The summed E-state index contributed by atoms with van der Waals surface area (Å²) >= 11 is 0. The average molecular weight is 592 g/mol. The first kappa shape index (κ1) is 25.2. The lowest BCUT2D eigenvalue weighted by Crippen LogP contribution is -2.22. The van der Waals surface area contributed by atoms with Crippen molar-refractivity contribution in [3.63, 3.8) is 0 Å². The lowest BCUT2D eigenvalue weighted by atomic mass is 9.91. The van der Waals surface area contributed by atoms with E-state index >= 15 is 0 Å². The number of rotatable bonds is 4. The molecule has 0 saturated carbocycles. The second kappa shape index (κ2) is 9.64. The Morgan fingerprint density at radius 1 is 0.674 bits per heavy atom. The van der Waals surface area contributed by atoms with Crippen molar-refractivity contribution >= 4 is 55.5 Å². The number of benzene rings is 6. The fourth-order valence-corrected chi connectivity index (χ4v) is 7.01. The Morgan fingerprint density at radius 3 is 2.33 bits per heavy atom. The highest BCUT2D eigenvalue weighted by Gasteiger charge is 2.29. The summed E-state index contributed by atoms with van der Waals surface area (Å²) in [7, 11) is 0. The molecule has 1 atom stereocenters. The smallest absolute Gasteiger partial charge is 0.225 e. The van der Waals surface area contributed by atoms with E-state index in [-0.39, 0.29) is 6.04 Å². The summed E-state index contributed by atoms with van der Waals surface area (Å²) in [6.45, 7) is 0.659. The molecule has 7 heteroatoms. The number of hydrogen-bond acceptors (Lipinski definition) is 6. The summed E-state index contributed by atoms with van der Waals surface area (Å²) in [4.78, 5) is 27.3. The second-order valence-electron chi connectivity index (χ2n) is 11.8. The second-order valence-corrected chi connectivity index (χ2v) is 11.8. The van der Waals surface area contributed by atoms with Crippen molar-refractivity contribution in [3.8, 4) is 28.6 Å². The maximum atomic E-state index is 5.30. The van der Waals surface area contributed by atoms with E-state index < -0.39 is 0 Å². The van der Waals surface area contributed by atoms with Gasteiger partial charge in [0.05, 0.1) is 23.3 Å². The molecule has 0 bridgehead atoms. The first-order chi connectivity index (χ1) is 22.8. The van der Waals surface area contributed by atoms with Crippen molar-refractivity contribution < 1.29 is 0 Å². The van der Waals surface area contributed by atoms with Crippen LogP contribution >= 0.6 is 0 Å².